The molecule has 0 spiro atoms. The van der Waals surface area contributed by atoms with Crippen molar-refractivity contribution in [1.82, 2.24) is 14.9 Å². The second kappa shape index (κ2) is 8.57. The van der Waals surface area contributed by atoms with Gasteiger partial charge < -0.3 is 24.1 Å². The zero-order valence-corrected chi connectivity index (χ0v) is 16.0. The standard InChI is InChI=1S/C19H25N5O4/c1-26-17-13-28-15(10-16(17)25)12-23-5-3-14(11-23)21-19-20-4-2-18(22-19)24-6-8-27-9-7-24/h2,4,10,13-14H,3,5-9,11-12H2,1H3,(H,20,21,22). The first-order chi connectivity index (χ1) is 13.7. The fourth-order valence-corrected chi connectivity index (χ4v) is 3.55. The van der Waals surface area contributed by atoms with Crippen molar-refractivity contribution >= 4 is 11.8 Å². The van der Waals surface area contributed by atoms with Crippen LogP contribution in [0.3, 0.4) is 0 Å². The molecule has 0 aliphatic carbocycles. The number of methoxy groups -OCH3 is 1. The highest BCUT2D eigenvalue weighted by Gasteiger charge is 2.24. The van der Waals surface area contributed by atoms with Crippen LogP contribution in [0.1, 0.15) is 12.2 Å². The zero-order chi connectivity index (χ0) is 19.3. The Hall–Kier alpha value is -2.65. The third-order valence-electron chi connectivity index (χ3n) is 5.03. The first-order valence-corrected chi connectivity index (χ1v) is 9.51. The summed E-state index contributed by atoms with van der Waals surface area (Å²) in [5, 5.41) is 3.43. The summed E-state index contributed by atoms with van der Waals surface area (Å²) in [6, 6.07) is 3.68. The molecule has 9 heteroatoms. The van der Waals surface area contributed by atoms with E-state index in [1.54, 1.807) is 6.20 Å². The quantitative estimate of drug-likeness (QED) is 0.778. The molecule has 1 N–H and O–H groups in total. The first-order valence-electron chi connectivity index (χ1n) is 9.51. The van der Waals surface area contributed by atoms with Crippen LogP contribution < -0.4 is 20.4 Å². The molecule has 1 atom stereocenters. The number of hydrogen-bond donors (Lipinski definition) is 1. The van der Waals surface area contributed by atoms with Gasteiger partial charge in [0.25, 0.3) is 0 Å². The van der Waals surface area contributed by atoms with Crippen LogP contribution in [0.15, 0.2) is 33.8 Å². The Balaban J connectivity index is 1.33. The Morgan fingerprint density at radius 3 is 2.96 bits per heavy atom. The van der Waals surface area contributed by atoms with Gasteiger partial charge in [0.05, 0.1) is 26.9 Å². The Morgan fingerprint density at radius 1 is 1.32 bits per heavy atom. The normalized spacial score (nSPS) is 20.3. The maximum Gasteiger partial charge on any atom is 0.227 e. The topological polar surface area (TPSA) is 93.0 Å². The van der Waals surface area contributed by atoms with Gasteiger partial charge in [-0.25, -0.2) is 4.98 Å². The van der Waals surface area contributed by atoms with Gasteiger partial charge in [-0.3, -0.25) is 9.69 Å². The summed E-state index contributed by atoms with van der Waals surface area (Å²) in [4.78, 5) is 25.3. The minimum atomic E-state index is -0.161. The van der Waals surface area contributed by atoms with Gasteiger partial charge in [0.1, 0.15) is 17.8 Å². The van der Waals surface area contributed by atoms with Gasteiger partial charge in [-0.1, -0.05) is 0 Å². The lowest BCUT2D eigenvalue weighted by atomic mass is 10.3. The molecule has 0 amide bonds. The minimum Gasteiger partial charge on any atom is -0.490 e. The van der Waals surface area contributed by atoms with Crippen molar-refractivity contribution < 1.29 is 13.9 Å². The lowest BCUT2D eigenvalue weighted by molar-refractivity contribution is 0.122. The van der Waals surface area contributed by atoms with Crippen molar-refractivity contribution in [2.24, 2.45) is 0 Å². The molecule has 0 radical (unpaired) electrons. The molecule has 0 saturated carbocycles. The Morgan fingerprint density at radius 2 is 2.18 bits per heavy atom. The van der Waals surface area contributed by atoms with Crippen LogP contribution in [-0.2, 0) is 11.3 Å². The van der Waals surface area contributed by atoms with Crippen LogP contribution in [-0.4, -0.2) is 67.4 Å². The molecule has 4 rings (SSSR count). The first kappa shape index (κ1) is 18.7. The predicted octanol–water partition coefficient (Wildman–Crippen LogP) is 0.961. The molecule has 0 aromatic carbocycles. The SMILES string of the molecule is COc1coc(CN2CCC(Nc3nccc(N4CCOCC4)n3)C2)cc1=O. The van der Waals surface area contributed by atoms with Gasteiger partial charge in [0.2, 0.25) is 17.1 Å². The number of ether oxygens (including phenoxy) is 2. The molecular formula is C19H25N5O4. The van der Waals surface area contributed by atoms with Crippen molar-refractivity contribution in [1.29, 1.82) is 0 Å². The van der Waals surface area contributed by atoms with E-state index in [1.807, 2.05) is 6.07 Å². The summed E-state index contributed by atoms with van der Waals surface area (Å²) in [7, 11) is 1.46. The average Bonchev–Trinajstić information content (AvgIpc) is 3.16. The van der Waals surface area contributed by atoms with Crippen LogP contribution in [0.5, 0.6) is 5.75 Å². The second-order valence-corrected chi connectivity index (χ2v) is 6.98. The van der Waals surface area contributed by atoms with Gasteiger partial charge in [-0.05, 0) is 12.5 Å². The van der Waals surface area contributed by atoms with Crippen LogP contribution in [0.2, 0.25) is 0 Å². The number of likely N-dealkylation sites (tertiary alicyclic amines) is 1. The zero-order valence-electron chi connectivity index (χ0n) is 16.0. The Bertz CT molecular complexity index is 852. The van der Waals surface area contributed by atoms with Crippen molar-refractivity contribution in [3.05, 3.63) is 40.6 Å². The lowest BCUT2D eigenvalue weighted by Crippen LogP contribution is -2.37. The highest BCUT2D eigenvalue weighted by atomic mass is 16.5. The molecule has 9 nitrogen and oxygen atoms in total. The van der Waals surface area contributed by atoms with Crippen LogP contribution in [0.25, 0.3) is 0 Å². The molecule has 2 aliphatic rings. The van der Waals surface area contributed by atoms with E-state index in [2.05, 4.69) is 25.1 Å². The molecule has 28 heavy (non-hydrogen) atoms. The largest absolute Gasteiger partial charge is 0.490 e. The highest BCUT2D eigenvalue weighted by molar-refractivity contribution is 5.43. The predicted molar refractivity (Wildman–Crippen MR) is 104 cm³/mol. The Labute approximate surface area is 163 Å². The summed E-state index contributed by atoms with van der Waals surface area (Å²) < 4.78 is 15.9. The summed E-state index contributed by atoms with van der Waals surface area (Å²) in [6.07, 6.45) is 4.14. The van der Waals surface area contributed by atoms with Gasteiger partial charge in [-0.2, -0.15) is 4.98 Å². The van der Waals surface area contributed by atoms with Gasteiger partial charge in [-0.15, -0.1) is 0 Å². The van der Waals surface area contributed by atoms with Crippen molar-refractivity contribution in [2.75, 3.05) is 56.7 Å². The van der Waals surface area contributed by atoms with E-state index in [0.717, 1.165) is 51.6 Å². The van der Waals surface area contributed by atoms with Gasteiger partial charge in [0, 0.05) is 44.5 Å². The number of nitrogens with zero attached hydrogens (tertiary/aromatic N) is 4. The molecule has 0 bridgehead atoms. The van der Waals surface area contributed by atoms with E-state index >= 15 is 0 Å². The van der Waals surface area contributed by atoms with Crippen LogP contribution in [0.4, 0.5) is 11.8 Å². The maximum atomic E-state index is 11.9. The van der Waals surface area contributed by atoms with E-state index < -0.39 is 0 Å². The number of hydrogen-bond acceptors (Lipinski definition) is 9. The van der Waals surface area contributed by atoms with E-state index in [0.29, 0.717) is 18.3 Å². The number of morpholine rings is 1. The maximum absolute atomic E-state index is 11.9. The van der Waals surface area contributed by atoms with Crippen LogP contribution >= 0.6 is 0 Å². The van der Waals surface area contributed by atoms with E-state index in [-0.39, 0.29) is 17.2 Å². The molecule has 2 saturated heterocycles. The smallest absolute Gasteiger partial charge is 0.227 e. The molecule has 2 fully saturated rings. The third-order valence-corrected chi connectivity index (χ3v) is 5.03. The average molecular weight is 387 g/mol. The summed E-state index contributed by atoms with van der Waals surface area (Å²) >= 11 is 0. The van der Waals surface area contributed by atoms with Gasteiger partial charge in [0.15, 0.2) is 0 Å². The second-order valence-electron chi connectivity index (χ2n) is 6.98. The third kappa shape index (κ3) is 4.42. The summed E-state index contributed by atoms with van der Waals surface area (Å²) in [6.45, 7) is 5.49. The highest BCUT2D eigenvalue weighted by Crippen LogP contribution is 2.18. The van der Waals surface area contributed by atoms with Crippen molar-refractivity contribution in [3.63, 3.8) is 0 Å². The molecule has 150 valence electrons. The fourth-order valence-electron chi connectivity index (χ4n) is 3.55. The minimum absolute atomic E-state index is 0.161. The monoisotopic (exact) mass is 387 g/mol. The van der Waals surface area contributed by atoms with E-state index in [4.69, 9.17) is 13.9 Å². The van der Waals surface area contributed by atoms with E-state index in [9.17, 15) is 4.79 Å². The molecule has 1 unspecified atom stereocenters. The Kier molecular flexibility index (Phi) is 5.73. The number of nitrogens with one attached hydrogen (secondary N) is 1. The summed E-state index contributed by atoms with van der Waals surface area (Å²) in [5.41, 5.74) is -0.161. The van der Waals surface area contributed by atoms with Crippen LogP contribution in [0, 0.1) is 0 Å². The number of anilines is 2. The lowest BCUT2D eigenvalue weighted by Gasteiger charge is -2.28. The number of rotatable bonds is 6. The molecular weight excluding hydrogens is 362 g/mol. The number of aromatic nitrogens is 2. The van der Waals surface area contributed by atoms with Crippen molar-refractivity contribution in [3.8, 4) is 5.75 Å². The van der Waals surface area contributed by atoms with E-state index in [1.165, 1.54) is 19.4 Å². The molecule has 2 aromatic heterocycles. The van der Waals surface area contributed by atoms with Gasteiger partial charge >= 0.3 is 0 Å². The molecule has 2 aliphatic heterocycles. The fraction of sp³-hybridized carbons (Fsp3) is 0.526. The molecule has 2 aromatic rings. The summed E-state index contributed by atoms with van der Waals surface area (Å²) in [5.74, 6) is 2.43. The van der Waals surface area contributed by atoms with Crippen molar-refractivity contribution in [2.45, 2.75) is 19.0 Å². The molecule has 4 heterocycles.